The van der Waals surface area contributed by atoms with Crippen LogP contribution in [0.4, 0.5) is 10.5 Å². The summed E-state index contributed by atoms with van der Waals surface area (Å²) in [4.78, 5) is 37.3. The molecular formula is C18H26N4O3. The van der Waals surface area contributed by atoms with Crippen molar-refractivity contribution in [3.05, 3.63) is 28.8 Å². The van der Waals surface area contributed by atoms with Crippen LogP contribution in [0.25, 0.3) is 0 Å². The number of likely N-dealkylation sites (tertiary alicyclic amines) is 1. The molecule has 1 saturated heterocycles. The van der Waals surface area contributed by atoms with Crippen LogP contribution in [-0.4, -0.2) is 48.9 Å². The van der Waals surface area contributed by atoms with Gasteiger partial charge in [-0.3, -0.25) is 9.59 Å². The molecule has 1 aromatic carbocycles. The third kappa shape index (κ3) is 5.48. The minimum Gasteiger partial charge on any atom is -0.341 e. The minimum atomic E-state index is -0.528. The fourth-order valence-corrected chi connectivity index (χ4v) is 3.02. The zero-order valence-corrected chi connectivity index (χ0v) is 15.1. The van der Waals surface area contributed by atoms with Crippen LogP contribution in [0.3, 0.4) is 0 Å². The van der Waals surface area contributed by atoms with Gasteiger partial charge < -0.3 is 20.9 Å². The molecule has 0 saturated carbocycles. The van der Waals surface area contributed by atoms with Crippen molar-refractivity contribution in [1.82, 2.24) is 15.5 Å². The van der Waals surface area contributed by atoms with Crippen LogP contribution in [0.15, 0.2) is 12.1 Å². The summed E-state index contributed by atoms with van der Waals surface area (Å²) in [5.41, 5.74) is 3.85. The number of carbonyl (C=O) groups excluding carboxylic acids is 3. The molecule has 0 unspecified atom stereocenters. The lowest BCUT2D eigenvalue weighted by molar-refractivity contribution is -0.129. The van der Waals surface area contributed by atoms with Gasteiger partial charge in [0.2, 0.25) is 11.8 Å². The number of hydrogen-bond donors (Lipinski definition) is 3. The maximum Gasteiger partial charge on any atom is 0.315 e. The number of aryl methyl sites for hydroxylation is 3. The summed E-state index contributed by atoms with van der Waals surface area (Å²) in [5, 5.41) is 7.77. The van der Waals surface area contributed by atoms with Crippen molar-refractivity contribution in [2.24, 2.45) is 0 Å². The number of hydrogen-bond acceptors (Lipinski definition) is 3. The average molecular weight is 346 g/mol. The third-order valence-electron chi connectivity index (χ3n) is 4.21. The Kier molecular flexibility index (Phi) is 6.38. The monoisotopic (exact) mass is 346 g/mol. The summed E-state index contributed by atoms with van der Waals surface area (Å²) in [6.07, 6.45) is 2.02. The first-order chi connectivity index (χ1) is 11.9. The molecule has 2 rings (SSSR count). The van der Waals surface area contributed by atoms with E-state index in [2.05, 4.69) is 16.0 Å². The molecule has 1 heterocycles. The lowest BCUT2D eigenvalue weighted by Gasteiger charge is -2.16. The van der Waals surface area contributed by atoms with Crippen molar-refractivity contribution in [1.29, 1.82) is 0 Å². The predicted octanol–water partition coefficient (Wildman–Crippen LogP) is 1.47. The number of amides is 4. The van der Waals surface area contributed by atoms with Crippen LogP contribution in [0.2, 0.25) is 0 Å². The Balaban J connectivity index is 1.74. The van der Waals surface area contributed by atoms with Gasteiger partial charge in [0.1, 0.15) is 0 Å². The molecule has 1 fully saturated rings. The third-order valence-corrected chi connectivity index (χ3v) is 4.21. The van der Waals surface area contributed by atoms with Crippen LogP contribution < -0.4 is 16.0 Å². The van der Waals surface area contributed by atoms with Crippen LogP contribution in [0, 0.1) is 20.8 Å². The van der Waals surface area contributed by atoms with Gasteiger partial charge in [-0.25, -0.2) is 4.79 Å². The highest BCUT2D eigenvalue weighted by molar-refractivity contribution is 5.96. The quantitative estimate of drug-likeness (QED) is 0.754. The zero-order valence-electron chi connectivity index (χ0n) is 15.1. The second-order valence-corrected chi connectivity index (χ2v) is 6.45. The summed E-state index contributed by atoms with van der Waals surface area (Å²) in [5.74, 6) is -0.404. The van der Waals surface area contributed by atoms with E-state index in [0.29, 0.717) is 0 Å². The highest BCUT2D eigenvalue weighted by Gasteiger charge is 2.18. The van der Waals surface area contributed by atoms with Crippen molar-refractivity contribution in [2.75, 3.05) is 31.5 Å². The molecule has 0 atom stereocenters. The maximum absolute atomic E-state index is 12.0. The van der Waals surface area contributed by atoms with E-state index in [-0.39, 0.29) is 24.9 Å². The SMILES string of the molecule is Cc1cc(C)c(NC(=O)CNC(=O)NCC(=O)N2CCCC2)c(C)c1. The second kappa shape index (κ2) is 8.50. The van der Waals surface area contributed by atoms with E-state index in [1.807, 2.05) is 32.9 Å². The van der Waals surface area contributed by atoms with E-state index in [9.17, 15) is 14.4 Å². The number of benzene rings is 1. The molecule has 0 spiro atoms. The van der Waals surface area contributed by atoms with E-state index < -0.39 is 6.03 Å². The summed E-state index contributed by atoms with van der Waals surface area (Å²) in [6.45, 7) is 7.15. The van der Waals surface area contributed by atoms with Crippen molar-refractivity contribution < 1.29 is 14.4 Å². The Labute approximate surface area is 148 Å². The van der Waals surface area contributed by atoms with Gasteiger partial charge in [0.05, 0.1) is 13.1 Å². The van der Waals surface area contributed by atoms with Crippen LogP contribution in [0.1, 0.15) is 29.5 Å². The number of carbonyl (C=O) groups is 3. The fraction of sp³-hybridized carbons (Fsp3) is 0.500. The van der Waals surface area contributed by atoms with Gasteiger partial charge in [-0.15, -0.1) is 0 Å². The number of nitrogens with zero attached hydrogens (tertiary/aromatic N) is 1. The Morgan fingerprint density at radius 3 is 2.12 bits per heavy atom. The molecule has 1 aliphatic rings. The van der Waals surface area contributed by atoms with Gasteiger partial charge in [0.15, 0.2) is 0 Å². The molecule has 4 amide bonds. The topological polar surface area (TPSA) is 90.5 Å². The maximum atomic E-state index is 12.0. The first-order valence-electron chi connectivity index (χ1n) is 8.54. The lowest BCUT2D eigenvalue weighted by atomic mass is 10.1. The molecule has 0 radical (unpaired) electrons. The smallest absolute Gasteiger partial charge is 0.315 e. The summed E-state index contributed by atoms with van der Waals surface area (Å²) in [7, 11) is 0. The highest BCUT2D eigenvalue weighted by Crippen LogP contribution is 2.21. The Morgan fingerprint density at radius 2 is 1.52 bits per heavy atom. The largest absolute Gasteiger partial charge is 0.341 e. The van der Waals surface area contributed by atoms with E-state index in [4.69, 9.17) is 0 Å². The van der Waals surface area contributed by atoms with Crippen LogP contribution in [-0.2, 0) is 9.59 Å². The molecule has 136 valence electrons. The van der Waals surface area contributed by atoms with Gasteiger partial charge in [-0.2, -0.15) is 0 Å². The minimum absolute atomic E-state index is 0.0520. The standard InChI is InChI=1S/C18H26N4O3/c1-12-8-13(2)17(14(3)9-12)21-15(23)10-19-18(25)20-11-16(24)22-6-4-5-7-22/h8-9H,4-7,10-11H2,1-3H3,(H,21,23)(H2,19,20,25). The van der Waals surface area contributed by atoms with Gasteiger partial charge in [-0.05, 0) is 44.7 Å². The van der Waals surface area contributed by atoms with Gasteiger partial charge in [0, 0.05) is 18.8 Å². The normalized spacial score (nSPS) is 13.5. The second-order valence-electron chi connectivity index (χ2n) is 6.45. The van der Waals surface area contributed by atoms with Gasteiger partial charge in [-0.1, -0.05) is 17.7 Å². The van der Waals surface area contributed by atoms with E-state index >= 15 is 0 Å². The molecule has 0 aliphatic carbocycles. The van der Waals surface area contributed by atoms with Crippen molar-refractivity contribution in [3.8, 4) is 0 Å². The number of urea groups is 1. The van der Waals surface area contributed by atoms with Crippen LogP contribution in [0.5, 0.6) is 0 Å². The molecule has 1 aliphatic heterocycles. The molecule has 7 nitrogen and oxygen atoms in total. The number of anilines is 1. The van der Waals surface area contributed by atoms with Gasteiger partial charge in [0.25, 0.3) is 0 Å². The first-order valence-corrected chi connectivity index (χ1v) is 8.54. The number of nitrogens with one attached hydrogen (secondary N) is 3. The molecule has 7 heteroatoms. The molecule has 3 N–H and O–H groups in total. The zero-order chi connectivity index (χ0) is 18.4. The van der Waals surface area contributed by atoms with E-state index in [0.717, 1.165) is 48.3 Å². The molecule has 0 aromatic heterocycles. The van der Waals surface area contributed by atoms with Gasteiger partial charge >= 0.3 is 6.03 Å². The molecule has 0 bridgehead atoms. The van der Waals surface area contributed by atoms with Crippen LogP contribution >= 0.6 is 0 Å². The van der Waals surface area contributed by atoms with E-state index in [1.54, 1.807) is 4.90 Å². The highest BCUT2D eigenvalue weighted by atomic mass is 16.2. The Morgan fingerprint density at radius 1 is 0.960 bits per heavy atom. The van der Waals surface area contributed by atoms with Crippen molar-refractivity contribution in [3.63, 3.8) is 0 Å². The average Bonchev–Trinajstić information content (AvgIpc) is 3.08. The molecule has 1 aromatic rings. The Bertz CT molecular complexity index is 643. The lowest BCUT2D eigenvalue weighted by Crippen LogP contribution is -2.44. The molecular weight excluding hydrogens is 320 g/mol. The predicted molar refractivity (Wildman–Crippen MR) is 96.5 cm³/mol. The summed E-state index contributed by atoms with van der Waals surface area (Å²) < 4.78 is 0. The van der Waals surface area contributed by atoms with Crippen molar-refractivity contribution in [2.45, 2.75) is 33.6 Å². The van der Waals surface area contributed by atoms with Crippen molar-refractivity contribution >= 4 is 23.5 Å². The molecule has 25 heavy (non-hydrogen) atoms. The summed E-state index contributed by atoms with van der Waals surface area (Å²) >= 11 is 0. The summed E-state index contributed by atoms with van der Waals surface area (Å²) in [6, 6.07) is 3.46. The Hall–Kier alpha value is -2.57. The fourth-order valence-electron chi connectivity index (χ4n) is 3.02. The van der Waals surface area contributed by atoms with E-state index in [1.165, 1.54) is 0 Å². The first kappa shape index (κ1) is 18.8. The number of rotatable bonds is 5.